The molecule has 3 aromatic rings. The topological polar surface area (TPSA) is 50.8 Å². The summed E-state index contributed by atoms with van der Waals surface area (Å²) in [5.41, 5.74) is 3.24. The standard InChI is InChI=1S/C32H40N2O3/c1-33-20-17-32(37-30-10-6-9-29(23-30)36-2)28-14-12-27(13-15-28)31(35)16-11-25-18-21-34(22-19-25)24-26-7-4-3-5-8-26/h3-10,12-15,23,25,32-33H,11,16-22,24H2,1-2H3. The largest absolute Gasteiger partial charge is 0.497 e. The molecule has 5 heteroatoms. The van der Waals surface area contributed by atoms with Gasteiger partial charge in [-0.25, -0.2) is 0 Å². The van der Waals surface area contributed by atoms with Crippen molar-refractivity contribution in [3.05, 3.63) is 95.6 Å². The fraction of sp³-hybridized carbons (Fsp3) is 0.406. The summed E-state index contributed by atoms with van der Waals surface area (Å²) in [5, 5.41) is 3.21. The van der Waals surface area contributed by atoms with Crippen LogP contribution < -0.4 is 14.8 Å². The molecule has 0 radical (unpaired) electrons. The Hall–Kier alpha value is -3.15. The summed E-state index contributed by atoms with van der Waals surface area (Å²) in [4.78, 5) is 15.5. The van der Waals surface area contributed by atoms with E-state index < -0.39 is 0 Å². The lowest BCUT2D eigenvalue weighted by molar-refractivity contribution is 0.0961. The first kappa shape index (κ1) is 26.9. The molecule has 37 heavy (non-hydrogen) atoms. The summed E-state index contributed by atoms with van der Waals surface area (Å²) in [6, 6.07) is 26.4. The van der Waals surface area contributed by atoms with Gasteiger partial charge in [-0.15, -0.1) is 0 Å². The van der Waals surface area contributed by atoms with Crippen LogP contribution in [0.25, 0.3) is 0 Å². The Morgan fingerprint density at radius 3 is 2.41 bits per heavy atom. The normalized spacial score (nSPS) is 15.3. The van der Waals surface area contributed by atoms with E-state index in [-0.39, 0.29) is 11.9 Å². The lowest BCUT2D eigenvalue weighted by Crippen LogP contribution is -2.33. The molecule has 1 aliphatic rings. The summed E-state index contributed by atoms with van der Waals surface area (Å²) < 4.78 is 11.6. The van der Waals surface area contributed by atoms with Gasteiger partial charge in [0.2, 0.25) is 0 Å². The molecule has 0 bridgehead atoms. The van der Waals surface area contributed by atoms with Gasteiger partial charge in [-0.2, -0.15) is 0 Å². The summed E-state index contributed by atoms with van der Waals surface area (Å²) in [6.07, 6.45) is 4.66. The summed E-state index contributed by atoms with van der Waals surface area (Å²) in [5.74, 6) is 2.42. The maximum atomic E-state index is 12.9. The van der Waals surface area contributed by atoms with Gasteiger partial charge in [0.25, 0.3) is 0 Å². The molecule has 0 amide bonds. The second-order valence-corrected chi connectivity index (χ2v) is 9.97. The summed E-state index contributed by atoms with van der Waals surface area (Å²) >= 11 is 0. The Balaban J connectivity index is 1.27. The molecule has 1 aliphatic heterocycles. The first-order chi connectivity index (χ1) is 18.1. The van der Waals surface area contributed by atoms with Crippen LogP contribution in [-0.2, 0) is 6.54 Å². The van der Waals surface area contributed by atoms with Crippen LogP contribution in [0, 0.1) is 5.92 Å². The van der Waals surface area contributed by atoms with E-state index in [1.165, 1.54) is 18.4 Å². The number of methoxy groups -OCH3 is 1. The predicted octanol–water partition coefficient (Wildman–Crippen LogP) is 6.30. The number of carbonyl (C=O) groups is 1. The van der Waals surface area contributed by atoms with Crippen molar-refractivity contribution in [2.24, 2.45) is 5.92 Å². The average molecular weight is 501 g/mol. The van der Waals surface area contributed by atoms with E-state index in [0.29, 0.717) is 12.3 Å². The number of benzene rings is 3. The first-order valence-electron chi connectivity index (χ1n) is 13.5. The van der Waals surface area contributed by atoms with E-state index in [9.17, 15) is 4.79 Å². The zero-order valence-electron chi connectivity index (χ0n) is 22.2. The molecular weight excluding hydrogens is 460 g/mol. The van der Waals surface area contributed by atoms with Gasteiger partial charge in [0, 0.05) is 31.0 Å². The fourth-order valence-corrected chi connectivity index (χ4v) is 5.05. The van der Waals surface area contributed by atoms with Crippen LogP contribution >= 0.6 is 0 Å². The van der Waals surface area contributed by atoms with Crippen molar-refractivity contribution in [2.75, 3.05) is 33.8 Å². The van der Waals surface area contributed by atoms with E-state index in [2.05, 4.69) is 40.5 Å². The number of hydrogen-bond donors (Lipinski definition) is 1. The molecule has 1 saturated heterocycles. The molecule has 1 atom stereocenters. The van der Waals surface area contributed by atoms with Crippen LogP contribution in [0.1, 0.15) is 59.7 Å². The van der Waals surface area contributed by atoms with Crippen LogP contribution in [0.2, 0.25) is 0 Å². The van der Waals surface area contributed by atoms with E-state index in [0.717, 1.165) is 61.6 Å². The minimum atomic E-state index is -0.107. The Morgan fingerprint density at radius 1 is 0.973 bits per heavy atom. The SMILES string of the molecule is CNCCC(Oc1cccc(OC)c1)c1ccc(C(=O)CCC2CCN(Cc3ccccc3)CC2)cc1. The number of Topliss-reactive ketones (excluding diaryl/α,β-unsaturated/α-hetero) is 1. The van der Waals surface area contributed by atoms with Crippen molar-refractivity contribution in [2.45, 2.75) is 44.8 Å². The average Bonchev–Trinajstić information content (AvgIpc) is 2.95. The van der Waals surface area contributed by atoms with Crippen LogP contribution in [0.5, 0.6) is 11.5 Å². The van der Waals surface area contributed by atoms with Crippen LogP contribution in [0.15, 0.2) is 78.9 Å². The van der Waals surface area contributed by atoms with E-state index >= 15 is 0 Å². The molecule has 0 spiro atoms. The molecule has 0 aromatic heterocycles. The number of nitrogens with one attached hydrogen (secondary N) is 1. The molecule has 3 aromatic carbocycles. The van der Waals surface area contributed by atoms with Gasteiger partial charge in [0.15, 0.2) is 5.78 Å². The Morgan fingerprint density at radius 2 is 1.70 bits per heavy atom. The number of piperidine rings is 1. The van der Waals surface area contributed by atoms with Crippen molar-refractivity contribution >= 4 is 5.78 Å². The molecular formula is C32H40N2O3. The van der Waals surface area contributed by atoms with E-state index in [1.54, 1.807) is 7.11 Å². The molecule has 0 saturated carbocycles. The third kappa shape index (κ3) is 8.17. The summed E-state index contributed by atoms with van der Waals surface area (Å²) in [7, 11) is 3.60. The van der Waals surface area contributed by atoms with Gasteiger partial charge >= 0.3 is 0 Å². The molecule has 0 aliphatic carbocycles. The van der Waals surface area contributed by atoms with E-state index in [4.69, 9.17) is 9.47 Å². The number of rotatable bonds is 13. The van der Waals surface area contributed by atoms with E-state index in [1.807, 2.05) is 55.6 Å². The molecule has 196 valence electrons. The molecule has 4 rings (SSSR count). The Kier molecular flexibility index (Phi) is 10.2. The van der Waals surface area contributed by atoms with Crippen LogP contribution in [0.3, 0.4) is 0 Å². The van der Waals surface area contributed by atoms with Gasteiger partial charge < -0.3 is 14.8 Å². The van der Waals surface area contributed by atoms with Crippen LogP contribution in [-0.4, -0.2) is 44.5 Å². The zero-order valence-corrected chi connectivity index (χ0v) is 22.2. The third-order valence-corrected chi connectivity index (χ3v) is 7.32. The van der Waals surface area contributed by atoms with Gasteiger partial charge in [0.1, 0.15) is 17.6 Å². The molecule has 1 N–H and O–H groups in total. The Bertz CT molecular complexity index is 1090. The van der Waals surface area contributed by atoms with Crippen molar-refractivity contribution in [1.82, 2.24) is 10.2 Å². The fourth-order valence-electron chi connectivity index (χ4n) is 5.05. The van der Waals surface area contributed by atoms with Gasteiger partial charge in [-0.05, 0) is 75.1 Å². The van der Waals surface area contributed by atoms with Crippen molar-refractivity contribution in [1.29, 1.82) is 0 Å². The highest BCUT2D eigenvalue weighted by molar-refractivity contribution is 5.96. The molecule has 1 unspecified atom stereocenters. The quantitative estimate of drug-likeness (QED) is 0.279. The maximum Gasteiger partial charge on any atom is 0.162 e. The van der Waals surface area contributed by atoms with Crippen molar-refractivity contribution in [3.8, 4) is 11.5 Å². The number of carbonyl (C=O) groups excluding carboxylic acids is 1. The number of hydrogen-bond acceptors (Lipinski definition) is 5. The number of ketones is 1. The van der Waals surface area contributed by atoms with Crippen LogP contribution in [0.4, 0.5) is 0 Å². The predicted molar refractivity (Wildman–Crippen MR) is 149 cm³/mol. The molecule has 1 heterocycles. The van der Waals surface area contributed by atoms with Crippen molar-refractivity contribution in [3.63, 3.8) is 0 Å². The minimum absolute atomic E-state index is 0.107. The smallest absolute Gasteiger partial charge is 0.162 e. The highest BCUT2D eigenvalue weighted by Crippen LogP contribution is 2.28. The monoisotopic (exact) mass is 500 g/mol. The molecule has 1 fully saturated rings. The number of ether oxygens (including phenoxy) is 2. The molecule has 5 nitrogen and oxygen atoms in total. The lowest BCUT2D eigenvalue weighted by Gasteiger charge is -2.32. The van der Waals surface area contributed by atoms with Gasteiger partial charge in [-0.3, -0.25) is 9.69 Å². The highest BCUT2D eigenvalue weighted by atomic mass is 16.5. The lowest BCUT2D eigenvalue weighted by atomic mass is 9.90. The summed E-state index contributed by atoms with van der Waals surface area (Å²) in [6.45, 7) is 4.09. The number of likely N-dealkylation sites (tertiary alicyclic amines) is 1. The minimum Gasteiger partial charge on any atom is -0.497 e. The van der Waals surface area contributed by atoms with Gasteiger partial charge in [0.05, 0.1) is 7.11 Å². The zero-order chi connectivity index (χ0) is 25.9. The third-order valence-electron chi connectivity index (χ3n) is 7.32. The first-order valence-corrected chi connectivity index (χ1v) is 13.5. The maximum absolute atomic E-state index is 12.9. The van der Waals surface area contributed by atoms with Crippen molar-refractivity contribution < 1.29 is 14.3 Å². The highest BCUT2D eigenvalue weighted by Gasteiger charge is 2.21. The second-order valence-electron chi connectivity index (χ2n) is 9.97. The number of nitrogens with zero attached hydrogens (tertiary/aromatic N) is 1. The van der Waals surface area contributed by atoms with Gasteiger partial charge in [-0.1, -0.05) is 60.7 Å². The Labute approximate surface area is 221 Å². The second kappa shape index (κ2) is 14.0.